The summed E-state index contributed by atoms with van der Waals surface area (Å²) in [5, 5.41) is 8.02. The molecular weight excluding hydrogens is 376 g/mol. The fraction of sp³-hybridized carbons (Fsp3) is 0.714. The van der Waals surface area contributed by atoms with Crippen molar-refractivity contribution in [2.75, 3.05) is 46.8 Å². The van der Waals surface area contributed by atoms with Crippen LogP contribution in [0.15, 0.2) is 21.2 Å². The van der Waals surface area contributed by atoms with Crippen LogP contribution >= 0.6 is 0 Å². The molecule has 8 nitrogen and oxygen atoms in total. The fourth-order valence-corrected chi connectivity index (χ4v) is 2.63. The van der Waals surface area contributed by atoms with Gasteiger partial charge >= 0.3 is 0 Å². The molecule has 0 spiro atoms. The van der Waals surface area contributed by atoms with Crippen molar-refractivity contribution in [3.8, 4) is 0 Å². The molecule has 0 aliphatic heterocycles. The average molecular weight is 411 g/mol. The standard InChI is InChI=1S/C21H34N2O6/c1-3-20-16-19(23-28-20)17-27-11-5-4-10-25-14-8-21-15-18(22-29-21)7-13-26-12-6-9-24-2/h15-16H,3-14,17H2,1-2H3. The second-order valence-electron chi connectivity index (χ2n) is 6.75. The SMILES string of the molecule is CCc1cc(COCCCCOCCc2cc(CCOCCCOC)no2)no1. The summed E-state index contributed by atoms with van der Waals surface area (Å²) in [6.07, 6.45) is 5.15. The second kappa shape index (κ2) is 15.1. The van der Waals surface area contributed by atoms with E-state index in [0.29, 0.717) is 39.6 Å². The van der Waals surface area contributed by atoms with Gasteiger partial charge in [0, 0.05) is 64.9 Å². The fourth-order valence-electron chi connectivity index (χ4n) is 2.63. The summed E-state index contributed by atoms with van der Waals surface area (Å²) in [5.74, 6) is 1.74. The summed E-state index contributed by atoms with van der Waals surface area (Å²) >= 11 is 0. The van der Waals surface area contributed by atoms with Crippen molar-refractivity contribution in [3.63, 3.8) is 0 Å². The number of rotatable bonds is 18. The van der Waals surface area contributed by atoms with Crippen molar-refractivity contribution in [3.05, 3.63) is 35.0 Å². The average Bonchev–Trinajstić information content (AvgIpc) is 3.38. The van der Waals surface area contributed by atoms with Gasteiger partial charge in [-0.15, -0.1) is 0 Å². The highest BCUT2D eigenvalue weighted by atomic mass is 16.5. The number of nitrogens with zero attached hydrogens (tertiary/aromatic N) is 2. The molecule has 0 aliphatic rings. The van der Waals surface area contributed by atoms with E-state index in [2.05, 4.69) is 10.3 Å². The summed E-state index contributed by atoms with van der Waals surface area (Å²) in [6.45, 7) is 6.64. The minimum absolute atomic E-state index is 0.496. The predicted octanol–water partition coefficient (Wildman–Crippen LogP) is 3.38. The van der Waals surface area contributed by atoms with Crippen LogP contribution < -0.4 is 0 Å². The largest absolute Gasteiger partial charge is 0.385 e. The molecule has 0 saturated carbocycles. The Hall–Kier alpha value is -1.74. The van der Waals surface area contributed by atoms with Crippen LogP contribution in [-0.2, 0) is 44.8 Å². The maximum Gasteiger partial charge on any atom is 0.139 e. The molecule has 29 heavy (non-hydrogen) atoms. The minimum atomic E-state index is 0.496. The molecule has 0 amide bonds. The van der Waals surface area contributed by atoms with E-state index < -0.39 is 0 Å². The molecule has 0 atom stereocenters. The van der Waals surface area contributed by atoms with Crippen LogP contribution in [0.3, 0.4) is 0 Å². The summed E-state index contributed by atoms with van der Waals surface area (Å²) in [6, 6.07) is 3.91. The van der Waals surface area contributed by atoms with Crippen molar-refractivity contribution in [2.24, 2.45) is 0 Å². The Morgan fingerprint density at radius 1 is 0.724 bits per heavy atom. The Kier molecular flexibility index (Phi) is 12.3. The first-order valence-electron chi connectivity index (χ1n) is 10.4. The molecule has 0 fully saturated rings. The van der Waals surface area contributed by atoms with Gasteiger partial charge in [0.15, 0.2) is 0 Å². The molecule has 0 aliphatic carbocycles. The minimum Gasteiger partial charge on any atom is -0.385 e. The summed E-state index contributed by atoms with van der Waals surface area (Å²) in [7, 11) is 1.69. The van der Waals surface area contributed by atoms with E-state index in [9.17, 15) is 0 Å². The molecular formula is C21H34N2O6. The Bertz CT molecular complexity index is 643. The molecule has 0 bridgehead atoms. The molecule has 0 N–H and O–H groups in total. The smallest absolute Gasteiger partial charge is 0.139 e. The quantitative estimate of drug-likeness (QED) is 0.346. The van der Waals surface area contributed by atoms with Gasteiger partial charge in [-0.25, -0.2) is 0 Å². The van der Waals surface area contributed by atoms with Gasteiger partial charge in [0.05, 0.1) is 25.5 Å². The van der Waals surface area contributed by atoms with Gasteiger partial charge in [0.1, 0.15) is 17.2 Å². The molecule has 0 aromatic carbocycles. The van der Waals surface area contributed by atoms with E-state index >= 15 is 0 Å². The Balaban J connectivity index is 1.40. The van der Waals surface area contributed by atoms with E-state index in [1.54, 1.807) is 7.11 Å². The van der Waals surface area contributed by atoms with Gasteiger partial charge in [-0.1, -0.05) is 17.2 Å². The van der Waals surface area contributed by atoms with Crippen LogP contribution in [-0.4, -0.2) is 57.1 Å². The molecule has 0 unspecified atom stereocenters. The maximum absolute atomic E-state index is 5.66. The first kappa shape index (κ1) is 23.5. The number of hydrogen-bond acceptors (Lipinski definition) is 8. The first-order valence-corrected chi connectivity index (χ1v) is 10.4. The normalized spacial score (nSPS) is 11.4. The van der Waals surface area contributed by atoms with Gasteiger partial charge in [0.2, 0.25) is 0 Å². The van der Waals surface area contributed by atoms with E-state index in [1.165, 1.54) is 0 Å². The van der Waals surface area contributed by atoms with Crippen molar-refractivity contribution in [1.29, 1.82) is 0 Å². The monoisotopic (exact) mass is 410 g/mol. The van der Waals surface area contributed by atoms with E-state index in [-0.39, 0.29) is 0 Å². The van der Waals surface area contributed by atoms with Crippen LogP contribution in [0, 0.1) is 0 Å². The summed E-state index contributed by atoms with van der Waals surface area (Å²) < 4.78 is 32.2. The lowest BCUT2D eigenvalue weighted by atomic mass is 10.2. The van der Waals surface area contributed by atoms with Crippen molar-refractivity contribution >= 4 is 0 Å². The van der Waals surface area contributed by atoms with Crippen LogP contribution in [0.5, 0.6) is 0 Å². The molecule has 2 aromatic heterocycles. The number of ether oxygens (including phenoxy) is 4. The molecule has 2 aromatic rings. The zero-order chi connectivity index (χ0) is 20.6. The van der Waals surface area contributed by atoms with Crippen LogP contribution in [0.4, 0.5) is 0 Å². The van der Waals surface area contributed by atoms with Crippen LogP contribution in [0.2, 0.25) is 0 Å². The van der Waals surface area contributed by atoms with E-state index in [4.69, 9.17) is 28.0 Å². The third-order valence-corrected chi connectivity index (χ3v) is 4.27. The first-order chi connectivity index (χ1) is 14.3. The lowest BCUT2D eigenvalue weighted by Crippen LogP contribution is -2.03. The van der Waals surface area contributed by atoms with Gasteiger partial charge in [-0.05, 0) is 19.3 Å². The number of aryl methyl sites for hydroxylation is 1. The van der Waals surface area contributed by atoms with Crippen LogP contribution in [0.1, 0.15) is 49.1 Å². The van der Waals surface area contributed by atoms with Gasteiger partial charge < -0.3 is 28.0 Å². The van der Waals surface area contributed by atoms with Crippen molar-refractivity contribution in [1.82, 2.24) is 10.3 Å². The zero-order valence-corrected chi connectivity index (χ0v) is 17.7. The maximum atomic E-state index is 5.66. The number of aromatic nitrogens is 2. The number of hydrogen-bond donors (Lipinski definition) is 0. The van der Waals surface area contributed by atoms with Crippen LogP contribution in [0.25, 0.3) is 0 Å². The molecule has 8 heteroatoms. The molecule has 0 saturated heterocycles. The predicted molar refractivity (Wildman–Crippen MR) is 107 cm³/mol. The lowest BCUT2D eigenvalue weighted by Gasteiger charge is -2.03. The number of unbranched alkanes of at least 4 members (excludes halogenated alkanes) is 1. The van der Waals surface area contributed by atoms with E-state index in [0.717, 1.165) is 68.0 Å². The molecule has 164 valence electrons. The van der Waals surface area contributed by atoms with Crippen molar-refractivity contribution < 1.29 is 28.0 Å². The molecule has 0 radical (unpaired) electrons. The van der Waals surface area contributed by atoms with Gasteiger partial charge in [-0.2, -0.15) is 0 Å². The molecule has 2 heterocycles. The van der Waals surface area contributed by atoms with Gasteiger partial charge in [0.25, 0.3) is 0 Å². The third kappa shape index (κ3) is 10.6. The third-order valence-electron chi connectivity index (χ3n) is 4.27. The van der Waals surface area contributed by atoms with Crippen molar-refractivity contribution in [2.45, 2.75) is 52.1 Å². The topological polar surface area (TPSA) is 89.0 Å². The second-order valence-corrected chi connectivity index (χ2v) is 6.75. The zero-order valence-electron chi connectivity index (χ0n) is 17.7. The summed E-state index contributed by atoms with van der Waals surface area (Å²) in [4.78, 5) is 0. The van der Waals surface area contributed by atoms with E-state index in [1.807, 2.05) is 19.1 Å². The molecule has 2 rings (SSSR count). The Labute approximate surface area is 172 Å². The highest BCUT2D eigenvalue weighted by molar-refractivity contribution is 5.05. The van der Waals surface area contributed by atoms with Gasteiger partial charge in [-0.3, -0.25) is 0 Å². The highest BCUT2D eigenvalue weighted by Crippen LogP contribution is 2.07. The number of methoxy groups -OCH3 is 1. The summed E-state index contributed by atoms with van der Waals surface area (Å²) in [5.41, 5.74) is 1.77. The Morgan fingerprint density at radius 3 is 2.14 bits per heavy atom. The Morgan fingerprint density at radius 2 is 1.38 bits per heavy atom. The highest BCUT2D eigenvalue weighted by Gasteiger charge is 2.05. The lowest BCUT2D eigenvalue weighted by molar-refractivity contribution is 0.0923.